The zero-order valence-corrected chi connectivity index (χ0v) is 15.4. The van der Waals surface area contributed by atoms with Gasteiger partial charge in [0.2, 0.25) is 0 Å². The van der Waals surface area contributed by atoms with Crippen molar-refractivity contribution in [3.05, 3.63) is 59.4 Å². The lowest BCUT2D eigenvalue weighted by Gasteiger charge is -2.10. The number of hydrogen-bond acceptors (Lipinski definition) is 4. The van der Waals surface area contributed by atoms with Crippen molar-refractivity contribution in [2.45, 2.75) is 6.92 Å². The van der Waals surface area contributed by atoms with Crippen molar-refractivity contribution < 1.29 is 4.74 Å². The summed E-state index contributed by atoms with van der Waals surface area (Å²) in [6.07, 6.45) is 0. The van der Waals surface area contributed by atoms with Gasteiger partial charge in [0.1, 0.15) is 5.75 Å². The molecule has 4 rings (SSSR count). The third-order valence-electron chi connectivity index (χ3n) is 4.28. The Hall–Kier alpha value is -2.99. The van der Waals surface area contributed by atoms with E-state index in [1.54, 1.807) is 0 Å². The molecule has 0 spiro atoms. The highest BCUT2D eigenvalue weighted by molar-refractivity contribution is 7.71. The molecular formula is C20H18N4OS. The van der Waals surface area contributed by atoms with Crippen LogP contribution in [0.5, 0.6) is 5.75 Å². The fraction of sp³-hybridized carbons (Fsp3) is 0.150. The molecular weight excluding hydrogens is 344 g/mol. The van der Waals surface area contributed by atoms with Crippen LogP contribution in [0.2, 0.25) is 0 Å². The van der Waals surface area contributed by atoms with Crippen LogP contribution in [0.4, 0.5) is 0 Å². The van der Waals surface area contributed by atoms with E-state index in [-0.39, 0.29) is 0 Å². The van der Waals surface area contributed by atoms with Crippen molar-refractivity contribution in [2.75, 3.05) is 6.61 Å². The number of pyridine rings is 1. The van der Waals surface area contributed by atoms with E-state index in [2.05, 4.69) is 22.3 Å². The van der Waals surface area contributed by atoms with Crippen LogP contribution in [-0.4, -0.2) is 26.4 Å². The molecule has 1 N–H and O–H groups in total. The molecule has 2 heterocycles. The molecule has 5 nitrogen and oxygen atoms in total. The number of aromatic nitrogens is 4. The predicted octanol–water partition coefficient (Wildman–Crippen LogP) is 4.76. The number of fused-ring (bicyclic) bond motifs is 1. The van der Waals surface area contributed by atoms with Crippen molar-refractivity contribution in [1.29, 1.82) is 0 Å². The van der Waals surface area contributed by atoms with Gasteiger partial charge in [-0.25, -0.2) is 4.98 Å². The van der Waals surface area contributed by atoms with Gasteiger partial charge < -0.3 is 9.30 Å². The highest BCUT2D eigenvalue weighted by atomic mass is 32.1. The van der Waals surface area contributed by atoms with Crippen LogP contribution in [0.15, 0.2) is 54.6 Å². The second-order valence-corrected chi connectivity index (χ2v) is 6.33. The van der Waals surface area contributed by atoms with E-state index in [9.17, 15) is 0 Å². The summed E-state index contributed by atoms with van der Waals surface area (Å²) in [6, 6.07) is 18.1. The smallest absolute Gasteiger partial charge is 0.195 e. The Morgan fingerprint density at radius 1 is 1.12 bits per heavy atom. The number of rotatable bonds is 4. The highest BCUT2D eigenvalue weighted by Gasteiger charge is 2.14. The van der Waals surface area contributed by atoms with E-state index in [0.717, 1.165) is 39.3 Å². The largest absolute Gasteiger partial charge is 0.494 e. The molecule has 4 aromatic rings. The maximum absolute atomic E-state index is 5.63. The number of hydrogen-bond donors (Lipinski definition) is 1. The van der Waals surface area contributed by atoms with Gasteiger partial charge in [0.05, 0.1) is 17.8 Å². The van der Waals surface area contributed by atoms with E-state index in [1.165, 1.54) is 0 Å². The second kappa shape index (κ2) is 6.72. The predicted molar refractivity (Wildman–Crippen MR) is 106 cm³/mol. The number of nitrogens with one attached hydrogen (secondary N) is 1. The molecule has 0 saturated heterocycles. The van der Waals surface area contributed by atoms with E-state index in [0.29, 0.717) is 11.4 Å². The normalized spacial score (nSPS) is 11.0. The summed E-state index contributed by atoms with van der Waals surface area (Å²) >= 11 is 5.28. The van der Waals surface area contributed by atoms with Crippen molar-refractivity contribution in [3.8, 4) is 28.4 Å². The van der Waals surface area contributed by atoms with E-state index >= 15 is 0 Å². The van der Waals surface area contributed by atoms with Gasteiger partial charge in [0, 0.05) is 23.6 Å². The van der Waals surface area contributed by atoms with Gasteiger partial charge in [0.25, 0.3) is 0 Å². The maximum Gasteiger partial charge on any atom is 0.195 e. The first-order chi connectivity index (χ1) is 12.7. The molecule has 0 saturated carbocycles. The first kappa shape index (κ1) is 16.5. The fourth-order valence-electron chi connectivity index (χ4n) is 3.01. The van der Waals surface area contributed by atoms with Crippen molar-refractivity contribution in [3.63, 3.8) is 0 Å². The summed E-state index contributed by atoms with van der Waals surface area (Å²) in [4.78, 5) is 4.84. The number of H-pyrrole nitrogens is 1. The monoisotopic (exact) mass is 362 g/mol. The third kappa shape index (κ3) is 2.88. The number of benzene rings is 2. The van der Waals surface area contributed by atoms with Gasteiger partial charge in [-0.05, 0) is 43.4 Å². The molecule has 130 valence electrons. The molecule has 0 unspecified atom stereocenters. The van der Waals surface area contributed by atoms with Crippen LogP contribution in [0, 0.1) is 4.77 Å². The Balaban J connectivity index is 1.96. The first-order valence-electron chi connectivity index (χ1n) is 8.42. The molecule has 0 aliphatic rings. The Morgan fingerprint density at radius 2 is 1.96 bits per heavy atom. The molecule has 0 atom stereocenters. The average Bonchev–Trinajstić information content (AvgIpc) is 3.00. The van der Waals surface area contributed by atoms with E-state index < -0.39 is 0 Å². The zero-order valence-electron chi connectivity index (χ0n) is 14.6. The number of para-hydroxylation sites is 1. The standard InChI is InChI=1S/C20H18N4OS/c1-3-25-14-8-6-7-13(11-14)18-12-16(19-22-23-20(26)24(19)2)15-9-4-5-10-17(15)21-18/h4-12H,3H2,1-2H3,(H,23,26). The molecule has 26 heavy (non-hydrogen) atoms. The van der Waals surface area contributed by atoms with E-state index in [1.807, 2.05) is 61.0 Å². The lowest BCUT2D eigenvalue weighted by Crippen LogP contribution is -1.96. The van der Waals surface area contributed by atoms with Crippen LogP contribution in [0.25, 0.3) is 33.5 Å². The molecule has 6 heteroatoms. The second-order valence-electron chi connectivity index (χ2n) is 5.94. The van der Waals surface area contributed by atoms with Crippen LogP contribution in [0.3, 0.4) is 0 Å². The number of nitrogens with zero attached hydrogens (tertiary/aromatic N) is 3. The molecule has 2 aromatic heterocycles. The molecule has 0 aliphatic heterocycles. The lowest BCUT2D eigenvalue weighted by atomic mass is 10.0. The Bertz CT molecular complexity index is 1150. The van der Waals surface area contributed by atoms with Crippen LogP contribution >= 0.6 is 12.2 Å². The Kier molecular flexibility index (Phi) is 4.26. The van der Waals surface area contributed by atoms with Gasteiger partial charge in [-0.3, -0.25) is 5.10 Å². The van der Waals surface area contributed by atoms with Crippen LogP contribution in [-0.2, 0) is 7.05 Å². The summed E-state index contributed by atoms with van der Waals surface area (Å²) < 4.78 is 8.09. The van der Waals surface area contributed by atoms with Gasteiger partial charge in [-0.1, -0.05) is 30.3 Å². The Morgan fingerprint density at radius 3 is 2.73 bits per heavy atom. The number of ether oxygens (including phenoxy) is 1. The van der Waals surface area contributed by atoms with Crippen LogP contribution < -0.4 is 4.74 Å². The number of aromatic amines is 1. The molecule has 0 bridgehead atoms. The summed E-state index contributed by atoms with van der Waals surface area (Å²) in [6.45, 7) is 2.60. The Labute approximate surface area is 156 Å². The minimum absolute atomic E-state index is 0.584. The van der Waals surface area contributed by atoms with Crippen molar-refractivity contribution in [1.82, 2.24) is 19.7 Å². The molecule has 0 radical (unpaired) electrons. The van der Waals surface area contributed by atoms with Gasteiger partial charge >= 0.3 is 0 Å². The maximum atomic E-state index is 5.63. The lowest BCUT2D eigenvalue weighted by molar-refractivity contribution is 0.340. The van der Waals surface area contributed by atoms with Crippen molar-refractivity contribution >= 4 is 23.1 Å². The van der Waals surface area contributed by atoms with Gasteiger partial charge in [0.15, 0.2) is 10.6 Å². The quantitative estimate of drug-likeness (QED) is 0.532. The minimum Gasteiger partial charge on any atom is -0.494 e. The first-order valence-corrected chi connectivity index (χ1v) is 8.83. The summed E-state index contributed by atoms with van der Waals surface area (Å²) in [7, 11) is 1.91. The topological polar surface area (TPSA) is 55.7 Å². The molecule has 0 fully saturated rings. The SMILES string of the molecule is CCOc1cccc(-c2cc(-c3n[nH]c(=S)n3C)c3ccccc3n2)c1. The summed E-state index contributed by atoms with van der Waals surface area (Å²) in [5, 5.41) is 8.31. The average molecular weight is 362 g/mol. The fourth-order valence-corrected chi connectivity index (χ4v) is 3.14. The van der Waals surface area contributed by atoms with Crippen molar-refractivity contribution in [2.24, 2.45) is 7.05 Å². The van der Waals surface area contributed by atoms with Crippen LogP contribution in [0.1, 0.15) is 6.92 Å². The van der Waals surface area contributed by atoms with Gasteiger partial charge in [-0.2, -0.15) is 5.10 Å². The molecule has 0 amide bonds. The molecule has 0 aliphatic carbocycles. The van der Waals surface area contributed by atoms with E-state index in [4.69, 9.17) is 21.9 Å². The third-order valence-corrected chi connectivity index (χ3v) is 4.64. The summed E-state index contributed by atoms with van der Waals surface area (Å²) in [5.74, 6) is 1.62. The highest BCUT2D eigenvalue weighted by Crippen LogP contribution is 2.32. The zero-order chi connectivity index (χ0) is 18.1. The molecule has 2 aromatic carbocycles. The summed E-state index contributed by atoms with van der Waals surface area (Å²) in [5.41, 5.74) is 3.77. The minimum atomic E-state index is 0.584. The van der Waals surface area contributed by atoms with Gasteiger partial charge in [-0.15, -0.1) is 0 Å².